The van der Waals surface area contributed by atoms with Gasteiger partial charge >= 0.3 is 0 Å². The van der Waals surface area contributed by atoms with E-state index in [1.807, 2.05) is 13.8 Å². The Bertz CT molecular complexity index is 526. The van der Waals surface area contributed by atoms with E-state index in [0.29, 0.717) is 25.2 Å². The predicted molar refractivity (Wildman–Crippen MR) is 84.2 cm³/mol. The molecule has 1 rings (SSSR count). The summed E-state index contributed by atoms with van der Waals surface area (Å²) in [6, 6.07) is 7.01. The molecule has 1 aromatic rings. The first-order valence-corrected chi connectivity index (χ1v) is 7.37. The number of rotatable bonds is 7. The molecule has 0 radical (unpaired) electrons. The van der Waals surface area contributed by atoms with Crippen LogP contribution in [0.2, 0.25) is 0 Å². The molecule has 3 amide bonds. The van der Waals surface area contributed by atoms with E-state index in [1.54, 1.807) is 24.3 Å². The highest BCUT2D eigenvalue weighted by atomic mass is 16.2. The number of nitrogens with zero attached hydrogens (tertiary/aromatic N) is 1. The second kappa shape index (κ2) is 8.81. The summed E-state index contributed by atoms with van der Waals surface area (Å²) in [4.78, 5) is 36.3. The van der Waals surface area contributed by atoms with Crippen molar-refractivity contribution in [3.05, 3.63) is 35.4 Å². The van der Waals surface area contributed by atoms with Gasteiger partial charge in [0.05, 0.1) is 6.54 Å². The van der Waals surface area contributed by atoms with Crippen LogP contribution in [0, 0.1) is 0 Å². The summed E-state index contributed by atoms with van der Waals surface area (Å²) in [5, 5.41) is 5.38. The molecular weight excluding hydrogens is 282 g/mol. The first-order chi connectivity index (χ1) is 10.5. The largest absolute Gasteiger partial charge is 0.355 e. The number of hydrogen-bond acceptors (Lipinski definition) is 3. The van der Waals surface area contributed by atoms with Crippen LogP contribution in [0.4, 0.5) is 0 Å². The first kappa shape index (κ1) is 17.7. The van der Waals surface area contributed by atoms with Gasteiger partial charge in [-0.2, -0.15) is 0 Å². The summed E-state index contributed by atoms with van der Waals surface area (Å²) < 4.78 is 0. The highest BCUT2D eigenvalue weighted by Gasteiger charge is 2.16. The van der Waals surface area contributed by atoms with E-state index in [2.05, 4.69) is 10.6 Å². The minimum atomic E-state index is -0.181. The molecule has 1 aromatic carbocycles. The van der Waals surface area contributed by atoms with Crippen LogP contribution in [-0.4, -0.2) is 42.3 Å². The van der Waals surface area contributed by atoms with Crippen LogP contribution in [0.3, 0.4) is 0 Å². The van der Waals surface area contributed by atoms with Gasteiger partial charge in [0.2, 0.25) is 11.8 Å². The lowest BCUT2D eigenvalue weighted by atomic mass is 10.1. The number of nitrogens with one attached hydrogen (secondary N) is 2. The molecule has 120 valence electrons. The molecule has 0 fully saturated rings. The summed E-state index contributed by atoms with van der Waals surface area (Å²) in [5.41, 5.74) is 1.44. The van der Waals surface area contributed by atoms with Crippen molar-refractivity contribution in [1.82, 2.24) is 15.5 Å². The van der Waals surface area contributed by atoms with Gasteiger partial charge in [-0.3, -0.25) is 14.4 Å². The van der Waals surface area contributed by atoms with Gasteiger partial charge in [-0.05, 0) is 31.5 Å². The van der Waals surface area contributed by atoms with E-state index in [0.717, 1.165) is 5.56 Å². The molecule has 0 aliphatic heterocycles. The molecule has 6 nitrogen and oxygen atoms in total. The molecule has 6 heteroatoms. The fraction of sp³-hybridized carbons (Fsp3) is 0.438. The molecule has 0 aromatic heterocycles. The molecule has 0 saturated heterocycles. The minimum absolute atomic E-state index is 0.0524. The van der Waals surface area contributed by atoms with Crippen LogP contribution in [0.25, 0.3) is 0 Å². The van der Waals surface area contributed by atoms with E-state index in [9.17, 15) is 14.4 Å². The molecule has 0 unspecified atom stereocenters. The lowest BCUT2D eigenvalue weighted by molar-refractivity contribution is -0.121. The summed E-state index contributed by atoms with van der Waals surface area (Å²) in [7, 11) is 0. The highest BCUT2D eigenvalue weighted by molar-refractivity contribution is 5.96. The highest BCUT2D eigenvalue weighted by Crippen LogP contribution is 2.08. The van der Waals surface area contributed by atoms with Crippen molar-refractivity contribution in [3.8, 4) is 0 Å². The molecule has 22 heavy (non-hydrogen) atoms. The Morgan fingerprint density at radius 2 is 1.68 bits per heavy atom. The Hall–Kier alpha value is -2.37. The zero-order valence-electron chi connectivity index (χ0n) is 13.3. The standard InChI is InChI=1S/C16H23N3O3/c1-4-17-15(21)11-19(5-2)16(22)14-8-6-13(7-9-14)10-18-12(3)20/h6-9H,4-5,10-11H2,1-3H3,(H,17,21)(H,18,20). The van der Waals surface area contributed by atoms with E-state index in [4.69, 9.17) is 0 Å². The Kier molecular flexibility index (Phi) is 7.08. The van der Waals surface area contributed by atoms with Crippen molar-refractivity contribution in [2.75, 3.05) is 19.6 Å². The van der Waals surface area contributed by atoms with Crippen molar-refractivity contribution in [3.63, 3.8) is 0 Å². The van der Waals surface area contributed by atoms with Crippen LogP contribution in [-0.2, 0) is 16.1 Å². The Morgan fingerprint density at radius 3 is 2.18 bits per heavy atom. The second-order valence-corrected chi connectivity index (χ2v) is 4.88. The Balaban J connectivity index is 2.70. The quantitative estimate of drug-likeness (QED) is 0.786. The third kappa shape index (κ3) is 5.55. The van der Waals surface area contributed by atoms with Gasteiger partial charge in [0.15, 0.2) is 0 Å². The SMILES string of the molecule is CCNC(=O)CN(CC)C(=O)c1ccc(CNC(C)=O)cc1. The maximum Gasteiger partial charge on any atom is 0.254 e. The molecule has 0 spiro atoms. The smallest absolute Gasteiger partial charge is 0.254 e. The van der Waals surface area contributed by atoms with Crippen molar-refractivity contribution in [1.29, 1.82) is 0 Å². The summed E-state index contributed by atoms with van der Waals surface area (Å²) in [6.07, 6.45) is 0. The van der Waals surface area contributed by atoms with E-state index in [-0.39, 0.29) is 24.3 Å². The molecular formula is C16H23N3O3. The van der Waals surface area contributed by atoms with Crippen molar-refractivity contribution in [2.24, 2.45) is 0 Å². The van der Waals surface area contributed by atoms with Gasteiger partial charge in [-0.1, -0.05) is 12.1 Å². The lowest BCUT2D eigenvalue weighted by Crippen LogP contribution is -2.40. The molecule has 0 saturated carbocycles. The molecule has 2 N–H and O–H groups in total. The van der Waals surface area contributed by atoms with Gasteiger partial charge in [0, 0.05) is 32.1 Å². The normalized spacial score (nSPS) is 9.95. The second-order valence-electron chi connectivity index (χ2n) is 4.88. The van der Waals surface area contributed by atoms with Gasteiger partial charge in [0.25, 0.3) is 5.91 Å². The van der Waals surface area contributed by atoms with E-state index in [1.165, 1.54) is 11.8 Å². The van der Waals surface area contributed by atoms with Crippen LogP contribution >= 0.6 is 0 Å². The number of likely N-dealkylation sites (N-methyl/N-ethyl adjacent to an activating group) is 2. The Morgan fingerprint density at radius 1 is 1.05 bits per heavy atom. The monoisotopic (exact) mass is 305 g/mol. The van der Waals surface area contributed by atoms with Crippen molar-refractivity contribution in [2.45, 2.75) is 27.3 Å². The van der Waals surface area contributed by atoms with Gasteiger partial charge in [-0.25, -0.2) is 0 Å². The maximum absolute atomic E-state index is 12.4. The number of hydrogen-bond donors (Lipinski definition) is 2. The molecule has 0 heterocycles. The average molecular weight is 305 g/mol. The molecule has 0 aliphatic carbocycles. The van der Waals surface area contributed by atoms with Gasteiger partial charge in [0.1, 0.15) is 0 Å². The first-order valence-electron chi connectivity index (χ1n) is 7.37. The van der Waals surface area contributed by atoms with Crippen molar-refractivity contribution < 1.29 is 14.4 Å². The average Bonchev–Trinajstić information content (AvgIpc) is 2.50. The zero-order chi connectivity index (χ0) is 16.5. The minimum Gasteiger partial charge on any atom is -0.355 e. The number of amides is 3. The summed E-state index contributed by atoms with van der Waals surface area (Å²) in [6.45, 7) is 6.62. The summed E-state index contributed by atoms with van der Waals surface area (Å²) >= 11 is 0. The molecule has 0 aliphatic rings. The van der Waals surface area contributed by atoms with Crippen LogP contribution in [0.5, 0.6) is 0 Å². The third-order valence-electron chi connectivity index (χ3n) is 3.12. The van der Waals surface area contributed by atoms with Crippen LogP contribution in [0.15, 0.2) is 24.3 Å². The molecule has 0 atom stereocenters. The predicted octanol–water partition coefficient (Wildman–Crippen LogP) is 0.921. The fourth-order valence-corrected chi connectivity index (χ4v) is 1.93. The maximum atomic E-state index is 12.4. The van der Waals surface area contributed by atoms with E-state index >= 15 is 0 Å². The number of carbonyl (C=O) groups is 3. The third-order valence-corrected chi connectivity index (χ3v) is 3.12. The van der Waals surface area contributed by atoms with E-state index < -0.39 is 0 Å². The topological polar surface area (TPSA) is 78.5 Å². The lowest BCUT2D eigenvalue weighted by Gasteiger charge is -2.20. The molecule has 0 bridgehead atoms. The van der Waals surface area contributed by atoms with Crippen LogP contribution in [0.1, 0.15) is 36.7 Å². The number of benzene rings is 1. The number of carbonyl (C=O) groups excluding carboxylic acids is 3. The zero-order valence-corrected chi connectivity index (χ0v) is 13.3. The van der Waals surface area contributed by atoms with Crippen LogP contribution < -0.4 is 10.6 Å². The fourth-order valence-electron chi connectivity index (χ4n) is 1.93. The van der Waals surface area contributed by atoms with Gasteiger partial charge < -0.3 is 15.5 Å². The van der Waals surface area contributed by atoms with Gasteiger partial charge in [-0.15, -0.1) is 0 Å². The van der Waals surface area contributed by atoms with Crippen molar-refractivity contribution >= 4 is 17.7 Å². The summed E-state index contributed by atoms with van der Waals surface area (Å²) in [5.74, 6) is -0.445. The Labute approximate surface area is 130 Å².